The number of nitrogens with two attached hydrogens (primary N) is 1. The van der Waals surface area contributed by atoms with Crippen LogP contribution >= 0.6 is 0 Å². The molecule has 1 fully saturated rings. The second kappa shape index (κ2) is 7.81. The number of allylic oxidation sites excluding steroid dienone is 4. The average molecular weight is 318 g/mol. The molecule has 2 unspecified atom stereocenters. The van der Waals surface area contributed by atoms with Gasteiger partial charge in [-0.15, -0.1) is 0 Å². The van der Waals surface area contributed by atoms with Gasteiger partial charge in [-0.3, -0.25) is 0 Å². The zero-order valence-corrected chi connectivity index (χ0v) is 13.5. The summed E-state index contributed by atoms with van der Waals surface area (Å²) in [6.07, 6.45) is 13.8. The second-order valence-corrected chi connectivity index (χ2v) is 6.43. The van der Waals surface area contributed by atoms with Crippen molar-refractivity contribution in [2.45, 2.75) is 44.2 Å². The van der Waals surface area contributed by atoms with Crippen molar-refractivity contribution in [3.63, 3.8) is 0 Å². The van der Waals surface area contributed by atoms with Gasteiger partial charge in [0.1, 0.15) is 24.4 Å². The highest BCUT2D eigenvalue weighted by molar-refractivity contribution is 5.22. The lowest BCUT2D eigenvalue weighted by Gasteiger charge is -2.27. The first kappa shape index (κ1) is 16.3. The van der Waals surface area contributed by atoms with Crippen LogP contribution in [0, 0.1) is 0 Å². The first-order valence-corrected chi connectivity index (χ1v) is 8.45. The summed E-state index contributed by atoms with van der Waals surface area (Å²) in [4.78, 5) is 2.29. The smallest absolute Gasteiger partial charge is 0.169 e. The molecule has 2 aliphatic heterocycles. The predicted molar refractivity (Wildman–Crippen MR) is 89.1 cm³/mol. The summed E-state index contributed by atoms with van der Waals surface area (Å²) in [7, 11) is 0. The lowest BCUT2D eigenvalue weighted by Crippen LogP contribution is -2.45. The second-order valence-electron chi connectivity index (χ2n) is 6.43. The van der Waals surface area contributed by atoms with E-state index in [-0.39, 0.29) is 6.04 Å². The Hall–Kier alpha value is -1.56. The van der Waals surface area contributed by atoms with Crippen LogP contribution < -0.4 is 5.73 Å². The van der Waals surface area contributed by atoms with E-state index in [2.05, 4.69) is 23.1 Å². The number of aliphatic hydroxyl groups excluding tert-OH is 1. The Morgan fingerprint density at radius 1 is 1.26 bits per heavy atom. The maximum Gasteiger partial charge on any atom is 0.169 e. The molecule has 5 heteroatoms. The van der Waals surface area contributed by atoms with Crippen molar-refractivity contribution in [1.29, 1.82) is 0 Å². The van der Waals surface area contributed by atoms with Gasteiger partial charge in [-0.1, -0.05) is 23.8 Å². The SMILES string of the molecule is NC(CN1CCCC1)C(O)C1=COC=C(CC2=CC=CCC2)O1. The highest BCUT2D eigenvalue weighted by atomic mass is 16.6. The third-order valence-corrected chi connectivity index (χ3v) is 4.50. The molecule has 126 valence electrons. The minimum absolute atomic E-state index is 0.376. The van der Waals surface area contributed by atoms with E-state index in [1.54, 1.807) is 6.26 Å². The zero-order valence-electron chi connectivity index (χ0n) is 13.5. The molecule has 0 aromatic rings. The summed E-state index contributed by atoms with van der Waals surface area (Å²) in [5.74, 6) is 1.12. The van der Waals surface area contributed by atoms with E-state index in [1.807, 2.05) is 0 Å². The van der Waals surface area contributed by atoms with Crippen LogP contribution in [-0.4, -0.2) is 41.8 Å². The lowest BCUT2D eigenvalue weighted by atomic mass is 10.0. The first-order valence-electron chi connectivity index (χ1n) is 8.45. The summed E-state index contributed by atoms with van der Waals surface area (Å²) in [5.41, 5.74) is 7.45. The quantitative estimate of drug-likeness (QED) is 0.785. The number of ether oxygens (including phenoxy) is 2. The molecular weight excluding hydrogens is 292 g/mol. The predicted octanol–water partition coefficient (Wildman–Crippen LogP) is 2.17. The number of likely N-dealkylation sites (tertiary alicyclic amines) is 1. The van der Waals surface area contributed by atoms with E-state index in [1.165, 1.54) is 24.7 Å². The van der Waals surface area contributed by atoms with Gasteiger partial charge in [0.2, 0.25) is 0 Å². The molecule has 3 N–H and O–H groups in total. The lowest BCUT2D eigenvalue weighted by molar-refractivity contribution is 0.0799. The van der Waals surface area contributed by atoms with E-state index < -0.39 is 6.10 Å². The van der Waals surface area contributed by atoms with Crippen molar-refractivity contribution in [2.24, 2.45) is 5.73 Å². The normalized spacial score (nSPS) is 24.2. The van der Waals surface area contributed by atoms with E-state index in [4.69, 9.17) is 15.2 Å². The summed E-state index contributed by atoms with van der Waals surface area (Å²) in [5, 5.41) is 10.4. The number of hydrogen-bond acceptors (Lipinski definition) is 5. The Balaban J connectivity index is 1.52. The molecule has 3 rings (SSSR count). The number of nitrogens with zero attached hydrogens (tertiary/aromatic N) is 1. The molecule has 0 saturated carbocycles. The molecule has 5 nitrogen and oxygen atoms in total. The van der Waals surface area contributed by atoms with Crippen LogP contribution in [-0.2, 0) is 9.47 Å². The average Bonchev–Trinajstić information content (AvgIpc) is 3.08. The molecular formula is C18H26N2O3. The summed E-state index contributed by atoms with van der Waals surface area (Å²) >= 11 is 0. The number of rotatable bonds is 6. The fraction of sp³-hybridized carbons (Fsp3) is 0.556. The largest absolute Gasteiger partial charge is 0.465 e. The standard InChI is InChI=1S/C18H26N2O3/c19-16(11-20-8-4-5-9-20)18(21)17-13-22-12-15(23-17)10-14-6-2-1-3-7-14/h1-2,6,12-13,16,18,21H,3-5,7-11,19H2. The van der Waals surface area contributed by atoms with Crippen molar-refractivity contribution < 1.29 is 14.6 Å². The zero-order chi connectivity index (χ0) is 16.1. The van der Waals surface area contributed by atoms with Crippen molar-refractivity contribution in [3.05, 3.63) is 47.8 Å². The van der Waals surface area contributed by atoms with Gasteiger partial charge in [0, 0.05) is 13.0 Å². The van der Waals surface area contributed by atoms with Crippen molar-refractivity contribution in [3.8, 4) is 0 Å². The van der Waals surface area contributed by atoms with Crippen molar-refractivity contribution in [1.82, 2.24) is 4.90 Å². The molecule has 2 heterocycles. The number of aliphatic hydroxyl groups is 1. The molecule has 0 aromatic carbocycles. The summed E-state index contributed by atoms with van der Waals surface area (Å²) < 4.78 is 11.2. The third kappa shape index (κ3) is 4.47. The van der Waals surface area contributed by atoms with Crippen LogP contribution in [0.15, 0.2) is 47.8 Å². The molecule has 0 spiro atoms. The molecule has 3 aliphatic rings. The summed E-state index contributed by atoms with van der Waals surface area (Å²) in [6.45, 7) is 2.80. The maximum absolute atomic E-state index is 10.4. The van der Waals surface area contributed by atoms with Crippen LogP contribution in [0.3, 0.4) is 0 Å². The van der Waals surface area contributed by atoms with Gasteiger partial charge in [0.05, 0.1) is 6.04 Å². The van der Waals surface area contributed by atoms with Crippen molar-refractivity contribution in [2.75, 3.05) is 19.6 Å². The molecule has 2 atom stereocenters. The molecule has 23 heavy (non-hydrogen) atoms. The van der Waals surface area contributed by atoms with Gasteiger partial charge in [0.15, 0.2) is 5.76 Å². The maximum atomic E-state index is 10.4. The Kier molecular flexibility index (Phi) is 5.54. The van der Waals surface area contributed by atoms with Crippen LogP contribution in [0.2, 0.25) is 0 Å². The number of hydrogen-bond donors (Lipinski definition) is 2. The first-order chi connectivity index (χ1) is 11.2. The van der Waals surface area contributed by atoms with Crippen molar-refractivity contribution >= 4 is 0 Å². The van der Waals surface area contributed by atoms with E-state index in [0.717, 1.165) is 31.7 Å². The van der Waals surface area contributed by atoms with Crippen LogP contribution in [0.25, 0.3) is 0 Å². The van der Waals surface area contributed by atoms with E-state index in [9.17, 15) is 5.11 Å². The fourth-order valence-corrected chi connectivity index (χ4v) is 3.18. The van der Waals surface area contributed by atoms with E-state index in [0.29, 0.717) is 18.7 Å². The molecule has 0 bridgehead atoms. The Bertz CT molecular complexity index is 530. The van der Waals surface area contributed by atoms with Gasteiger partial charge in [-0.2, -0.15) is 0 Å². The summed E-state index contributed by atoms with van der Waals surface area (Å²) in [6, 6.07) is -0.376. The van der Waals surface area contributed by atoms with Crippen LogP contribution in [0.4, 0.5) is 0 Å². The highest BCUT2D eigenvalue weighted by Crippen LogP contribution is 2.26. The fourth-order valence-electron chi connectivity index (χ4n) is 3.18. The Morgan fingerprint density at radius 3 is 2.83 bits per heavy atom. The molecule has 0 amide bonds. The topological polar surface area (TPSA) is 68.0 Å². The van der Waals surface area contributed by atoms with Crippen LogP contribution in [0.1, 0.15) is 32.1 Å². The minimum Gasteiger partial charge on any atom is -0.465 e. The van der Waals surface area contributed by atoms with Crippen LogP contribution in [0.5, 0.6) is 0 Å². The Labute approximate surface area is 137 Å². The molecule has 1 aliphatic carbocycles. The molecule has 1 saturated heterocycles. The van der Waals surface area contributed by atoms with Gasteiger partial charge in [0.25, 0.3) is 0 Å². The molecule has 0 aromatic heterocycles. The van der Waals surface area contributed by atoms with Gasteiger partial charge >= 0.3 is 0 Å². The highest BCUT2D eigenvalue weighted by Gasteiger charge is 2.27. The monoisotopic (exact) mass is 318 g/mol. The third-order valence-electron chi connectivity index (χ3n) is 4.50. The van der Waals surface area contributed by atoms with Gasteiger partial charge in [-0.25, -0.2) is 0 Å². The van der Waals surface area contributed by atoms with Gasteiger partial charge in [-0.05, 0) is 38.8 Å². The Morgan fingerprint density at radius 2 is 2.09 bits per heavy atom. The molecule has 0 radical (unpaired) electrons. The van der Waals surface area contributed by atoms with E-state index >= 15 is 0 Å². The minimum atomic E-state index is -0.848. The van der Waals surface area contributed by atoms with Gasteiger partial charge < -0.3 is 25.2 Å².